The van der Waals surface area contributed by atoms with E-state index < -0.39 is 0 Å². The Morgan fingerprint density at radius 2 is 1.93 bits per heavy atom. The van der Waals surface area contributed by atoms with Crippen molar-refractivity contribution in [3.05, 3.63) is 66.5 Å². The molecule has 0 aliphatic rings. The lowest BCUT2D eigenvalue weighted by Crippen LogP contribution is -2.01. The topological polar surface area (TPSA) is 49.2 Å². The molecule has 0 saturated heterocycles. The zero-order valence-corrected chi connectivity index (χ0v) is 16.0. The number of thioether (sulfide) groups is 1. The predicted molar refractivity (Wildman–Crippen MR) is 105 cm³/mol. The van der Waals surface area contributed by atoms with E-state index in [0.717, 1.165) is 16.3 Å². The fourth-order valence-electron chi connectivity index (χ4n) is 2.65. The molecule has 1 heterocycles. The third-order valence-electron chi connectivity index (χ3n) is 3.93. The van der Waals surface area contributed by atoms with Gasteiger partial charge in [-0.3, -0.25) is 4.57 Å². The van der Waals surface area contributed by atoms with Crippen molar-refractivity contribution in [2.24, 2.45) is 0 Å². The standard InChI is InChI=1S/C20H20FN3O2S/c1-4-10-24-19(15-8-9-17(25-2)18(12-15)26-3)22-23-20(24)27-13-14-6-5-7-16(21)11-14/h4-9,11-12H,1,10,13H2,2-3H3. The summed E-state index contributed by atoms with van der Waals surface area (Å²) in [6, 6.07) is 12.2. The molecule has 140 valence electrons. The highest BCUT2D eigenvalue weighted by Gasteiger charge is 2.16. The quantitative estimate of drug-likeness (QED) is 0.420. The number of aromatic nitrogens is 3. The molecule has 0 bridgehead atoms. The van der Waals surface area contributed by atoms with Gasteiger partial charge in [-0.1, -0.05) is 30.0 Å². The first kappa shape index (κ1) is 19.0. The number of allylic oxidation sites excluding steroid dienone is 1. The highest BCUT2D eigenvalue weighted by atomic mass is 32.2. The van der Waals surface area contributed by atoms with Crippen LogP contribution in [0.15, 0.2) is 60.3 Å². The molecule has 1 aromatic heterocycles. The molecule has 27 heavy (non-hydrogen) atoms. The van der Waals surface area contributed by atoms with Crippen LogP contribution in [0.2, 0.25) is 0 Å². The van der Waals surface area contributed by atoms with Gasteiger partial charge in [0, 0.05) is 17.9 Å². The van der Waals surface area contributed by atoms with Gasteiger partial charge in [0.25, 0.3) is 0 Å². The lowest BCUT2D eigenvalue weighted by Gasteiger charge is -2.11. The van der Waals surface area contributed by atoms with Gasteiger partial charge in [0.15, 0.2) is 22.5 Å². The third kappa shape index (κ3) is 4.31. The smallest absolute Gasteiger partial charge is 0.192 e. The normalized spacial score (nSPS) is 10.6. The maximum absolute atomic E-state index is 13.4. The van der Waals surface area contributed by atoms with E-state index >= 15 is 0 Å². The van der Waals surface area contributed by atoms with Crippen LogP contribution in [-0.2, 0) is 12.3 Å². The Morgan fingerprint density at radius 3 is 2.63 bits per heavy atom. The van der Waals surface area contributed by atoms with Gasteiger partial charge < -0.3 is 9.47 Å². The van der Waals surface area contributed by atoms with E-state index in [1.807, 2.05) is 28.8 Å². The molecule has 0 aliphatic heterocycles. The lowest BCUT2D eigenvalue weighted by atomic mass is 10.2. The molecule has 3 rings (SSSR count). The second-order valence-corrected chi connectivity index (χ2v) is 6.64. The second-order valence-electron chi connectivity index (χ2n) is 5.69. The molecular weight excluding hydrogens is 365 g/mol. The van der Waals surface area contributed by atoms with Gasteiger partial charge in [0.1, 0.15) is 5.82 Å². The fraction of sp³-hybridized carbons (Fsp3) is 0.200. The van der Waals surface area contributed by atoms with Crippen molar-refractivity contribution in [2.75, 3.05) is 14.2 Å². The van der Waals surface area contributed by atoms with Crippen LogP contribution in [0.3, 0.4) is 0 Å². The Balaban J connectivity index is 1.90. The summed E-state index contributed by atoms with van der Waals surface area (Å²) in [7, 11) is 3.19. The molecular formula is C20H20FN3O2S. The summed E-state index contributed by atoms with van der Waals surface area (Å²) in [4.78, 5) is 0. The van der Waals surface area contributed by atoms with Crippen LogP contribution >= 0.6 is 11.8 Å². The number of rotatable bonds is 8. The Bertz CT molecular complexity index is 943. The largest absolute Gasteiger partial charge is 0.493 e. The Hall–Kier alpha value is -2.80. The minimum atomic E-state index is -0.244. The van der Waals surface area contributed by atoms with Crippen LogP contribution in [0.5, 0.6) is 11.5 Å². The molecule has 0 radical (unpaired) electrons. The van der Waals surface area contributed by atoms with Gasteiger partial charge in [-0.25, -0.2) is 4.39 Å². The van der Waals surface area contributed by atoms with E-state index in [-0.39, 0.29) is 5.82 Å². The molecule has 0 saturated carbocycles. The first-order chi connectivity index (χ1) is 13.2. The average molecular weight is 385 g/mol. The van der Waals surface area contributed by atoms with Crippen LogP contribution in [0, 0.1) is 5.82 Å². The fourth-order valence-corrected chi connectivity index (χ4v) is 3.54. The molecule has 5 nitrogen and oxygen atoms in total. The number of benzene rings is 2. The van der Waals surface area contributed by atoms with E-state index in [4.69, 9.17) is 9.47 Å². The lowest BCUT2D eigenvalue weighted by molar-refractivity contribution is 0.355. The van der Waals surface area contributed by atoms with Gasteiger partial charge in [-0.2, -0.15) is 0 Å². The van der Waals surface area contributed by atoms with Gasteiger partial charge >= 0.3 is 0 Å². The Kier molecular flexibility index (Phi) is 6.13. The molecule has 0 aliphatic carbocycles. The van der Waals surface area contributed by atoms with Crippen LogP contribution in [0.4, 0.5) is 4.39 Å². The van der Waals surface area contributed by atoms with Crippen molar-refractivity contribution < 1.29 is 13.9 Å². The molecule has 2 aromatic carbocycles. The molecule has 0 unspecified atom stereocenters. The molecule has 0 fully saturated rings. The zero-order chi connectivity index (χ0) is 19.2. The van der Waals surface area contributed by atoms with Crippen molar-refractivity contribution >= 4 is 11.8 Å². The minimum absolute atomic E-state index is 0.244. The van der Waals surface area contributed by atoms with Crippen molar-refractivity contribution in [3.8, 4) is 22.9 Å². The van der Waals surface area contributed by atoms with E-state index in [1.165, 1.54) is 23.9 Å². The summed E-state index contributed by atoms with van der Waals surface area (Å²) in [6.07, 6.45) is 1.79. The molecule has 0 amide bonds. The first-order valence-corrected chi connectivity index (χ1v) is 9.28. The molecule has 0 atom stereocenters. The maximum atomic E-state index is 13.4. The third-order valence-corrected chi connectivity index (χ3v) is 4.97. The van der Waals surface area contributed by atoms with Crippen LogP contribution in [0.1, 0.15) is 5.56 Å². The molecule has 7 heteroatoms. The zero-order valence-electron chi connectivity index (χ0n) is 15.2. The number of halogens is 1. The number of hydrogen-bond donors (Lipinski definition) is 0. The number of hydrogen-bond acceptors (Lipinski definition) is 5. The SMILES string of the molecule is C=CCn1c(SCc2cccc(F)c2)nnc1-c1ccc(OC)c(OC)c1. The van der Waals surface area contributed by atoms with Crippen molar-refractivity contribution in [3.63, 3.8) is 0 Å². The number of nitrogens with zero attached hydrogens (tertiary/aromatic N) is 3. The van der Waals surface area contributed by atoms with Gasteiger partial charge in [0.2, 0.25) is 0 Å². The number of methoxy groups -OCH3 is 2. The van der Waals surface area contributed by atoms with Gasteiger partial charge in [-0.15, -0.1) is 16.8 Å². The Labute approximate surface area is 161 Å². The van der Waals surface area contributed by atoms with Crippen LogP contribution in [0.25, 0.3) is 11.4 Å². The van der Waals surface area contributed by atoms with E-state index in [9.17, 15) is 4.39 Å². The van der Waals surface area contributed by atoms with Crippen LogP contribution < -0.4 is 9.47 Å². The average Bonchev–Trinajstić information content (AvgIpc) is 3.09. The highest BCUT2D eigenvalue weighted by Crippen LogP contribution is 2.33. The monoisotopic (exact) mass is 385 g/mol. The number of ether oxygens (including phenoxy) is 2. The summed E-state index contributed by atoms with van der Waals surface area (Å²) in [5, 5.41) is 9.39. The Morgan fingerprint density at radius 1 is 1.11 bits per heavy atom. The summed E-state index contributed by atoms with van der Waals surface area (Å²) in [6.45, 7) is 4.38. The summed E-state index contributed by atoms with van der Waals surface area (Å²) in [5.41, 5.74) is 1.75. The summed E-state index contributed by atoms with van der Waals surface area (Å²) >= 11 is 1.50. The van der Waals surface area contributed by atoms with Crippen molar-refractivity contribution in [2.45, 2.75) is 17.5 Å². The second kappa shape index (κ2) is 8.73. The van der Waals surface area contributed by atoms with Crippen molar-refractivity contribution in [1.82, 2.24) is 14.8 Å². The van der Waals surface area contributed by atoms with E-state index in [1.54, 1.807) is 26.4 Å². The maximum Gasteiger partial charge on any atom is 0.192 e. The van der Waals surface area contributed by atoms with Crippen LogP contribution in [-0.4, -0.2) is 29.0 Å². The highest BCUT2D eigenvalue weighted by molar-refractivity contribution is 7.98. The predicted octanol–water partition coefficient (Wildman–Crippen LogP) is 4.58. The molecule has 3 aromatic rings. The van der Waals surface area contributed by atoms with E-state index in [2.05, 4.69) is 16.8 Å². The summed E-state index contributed by atoms with van der Waals surface area (Å²) < 4.78 is 26.0. The van der Waals surface area contributed by atoms with Gasteiger partial charge in [-0.05, 0) is 35.9 Å². The van der Waals surface area contributed by atoms with E-state index in [0.29, 0.717) is 29.6 Å². The van der Waals surface area contributed by atoms with Gasteiger partial charge in [0.05, 0.1) is 14.2 Å². The summed E-state index contributed by atoms with van der Waals surface area (Å²) in [5.74, 6) is 2.33. The molecule has 0 spiro atoms. The molecule has 0 N–H and O–H groups in total. The van der Waals surface area contributed by atoms with Crippen molar-refractivity contribution in [1.29, 1.82) is 0 Å². The first-order valence-electron chi connectivity index (χ1n) is 8.30. The minimum Gasteiger partial charge on any atom is -0.493 e.